The Bertz CT molecular complexity index is 743. The summed E-state index contributed by atoms with van der Waals surface area (Å²) in [6.07, 6.45) is 6.78. The highest BCUT2D eigenvalue weighted by Crippen LogP contribution is 2.31. The van der Waals surface area contributed by atoms with Crippen LogP contribution in [0.1, 0.15) is 48.2 Å². The van der Waals surface area contributed by atoms with Crippen molar-refractivity contribution in [1.82, 2.24) is 20.3 Å². The molecule has 0 spiro atoms. The number of amides is 1. The third-order valence-corrected chi connectivity index (χ3v) is 5.11. The third kappa shape index (κ3) is 3.24. The van der Waals surface area contributed by atoms with Gasteiger partial charge >= 0.3 is 0 Å². The Morgan fingerprint density at radius 1 is 1.36 bits per heavy atom. The van der Waals surface area contributed by atoms with E-state index < -0.39 is 5.60 Å². The van der Waals surface area contributed by atoms with Gasteiger partial charge in [-0.1, -0.05) is 6.07 Å². The predicted octanol–water partition coefficient (Wildman–Crippen LogP) is 1.86. The lowest BCUT2D eigenvalue weighted by atomic mass is 10.00. The van der Waals surface area contributed by atoms with Gasteiger partial charge in [0.05, 0.1) is 18.8 Å². The lowest BCUT2D eigenvalue weighted by Gasteiger charge is -2.21. The second kappa shape index (κ2) is 6.48. The minimum atomic E-state index is -1.14. The fraction of sp³-hybridized carbons (Fsp3) is 0.500. The molecule has 4 rings (SSSR count). The first kappa shape index (κ1) is 16.1. The molecule has 25 heavy (non-hydrogen) atoms. The van der Waals surface area contributed by atoms with Crippen LogP contribution < -0.4 is 4.74 Å². The number of nitrogens with one attached hydrogen (secondary N) is 1. The first-order chi connectivity index (χ1) is 12.1. The monoisotopic (exact) mass is 342 g/mol. The van der Waals surface area contributed by atoms with Crippen molar-refractivity contribution in [2.45, 2.75) is 43.8 Å². The van der Waals surface area contributed by atoms with Crippen LogP contribution in [0, 0.1) is 0 Å². The number of rotatable bonds is 4. The standard InChI is InChI=1S/C18H22N4O3/c23-17(22-9-8-18(24,12-22)16-11-19-21-20-16)13-4-3-7-15(10-13)25-14-5-1-2-6-14/h3-4,7,10-11,14,24H,1-2,5-6,8-9,12H2,(H,19,20,21)/t18-/m1/s1. The number of benzene rings is 1. The minimum Gasteiger partial charge on any atom is -0.490 e. The van der Waals surface area contributed by atoms with Gasteiger partial charge in [-0.25, -0.2) is 0 Å². The van der Waals surface area contributed by atoms with Crippen molar-refractivity contribution in [1.29, 1.82) is 0 Å². The van der Waals surface area contributed by atoms with Gasteiger partial charge in [-0.15, -0.1) is 0 Å². The fourth-order valence-corrected chi connectivity index (χ4v) is 3.69. The van der Waals surface area contributed by atoms with E-state index in [0.717, 1.165) is 18.6 Å². The molecule has 2 heterocycles. The summed E-state index contributed by atoms with van der Waals surface area (Å²) in [5.74, 6) is 0.639. The summed E-state index contributed by atoms with van der Waals surface area (Å²) < 4.78 is 5.99. The summed E-state index contributed by atoms with van der Waals surface area (Å²) >= 11 is 0. The number of nitrogens with zero attached hydrogens (tertiary/aromatic N) is 3. The molecule has 1 aromatic heterocycles. The van der Waals surface area contributed by atoms with Crippen LogP contribution in [-0.2, 0) is 5.60 Å². The molecule has 1 saturated carbocycles. The Kier molecular flexibility index (Phi) is 4.17. The molecule has 132 valence electrons. The fourth-order valence-electron chi connectivity index (χ4n) is 3.69. The maximum Gasteiger partial charge on any atom is 0.254 e. The lowest BCUT2D eigenvalue weighted by molar-refractivity contribution is 0.0382. The highest BCUT2D eigenvalue weighted by Gasteiger charge is 2.41. The van der Waals surface area contributed by atoms with E-state index in [1.807, 2.05) is 12.1 Å². The van der Waals surface area contributed by atoms with Crippen molar-refractivity contribution in [3.05, 3.63) is 41.7 Å². The average molecular weight is 342 g/mol. The van der Waals surface area contributed by atoms with E-state index in [1.165, 1.54) is 19.0 Å². The summed E-state index contributed by atoms with van der Waals surface area (Å²) in [7, 11) is 0. The quantitative estimate of drug-likeness (QED) is 0.885. The van der Waals surface area contributed by atoms with E-state index in [-0.39, 0.29) is 18.6 Å². The Balaban J connectivity index is 1.46. The predicted molar refractivity (Wildman–Crippen MR) is 90.1 cm³/mol. The highest BCUT2D eigenvalue weighted by molar-refractivity contribution is 5.94. The van der Waals surface area contributed by atoms with Crippen LogP contribution in [0.25, 0.3) is 0 Å². The Morgan fingerprint density at radius 2 is 2.20 bits per heavy atom. The third-order valence-electron chi connectivity index (χ3n) is 5.11. The summed E-state index contributed by atoms with van der Waals surface area (Å²) in [5, 5.41) is 20.9. The lowest BCUT2D eigenvalue weighted by Crippen LogP contribution is -2.34. The van der Waals surface area contributed by atoms with Crippen LogP contribution in [0.4, 0.5) is 0 Å². The van der Waals surface area contributed by atoms with E-state index >= 15 is 0 Å². The van der Waals surface area contributed by atoms with Gasteiger partial charge in [-0.2, -0.15) is 15.4 Å². The summed E-state index contributed by atoms with van der Waals surface area (Å²) in [6.45, 7) is 0.696. The van der Waals surface area contributed by atoms with E-state index in [9.17, 15) is 9.90 Å². The van der Waals surface area contributed by atoms with Crippen molar-refractivity contribution < 1.29 is 14.6 Å². The molecule has 0 unspecified atom stereocenters. The van der Waals surface area contributed by atoms with Gasteiger partial charge in [0.1, 0.15) is 17.0 Å². The number of aromatic amines is 1. The average Bonchev–Trinajstić information content (AvgIpc) is 3.36. The highest BCUT2D eigenvalue weighted by atomic mass is 16.5. The number of ether oxygens (including phenoxy) is 1. The summed E-state index contributed by atoms with van der Waals surface area (Å²) in [4.78, 5) is 14.5. The Hall–Kier alpha value is -2.41. The number of β-amino-alcohol motifs (C(OH)–C–C–N with tert-alkyl or cyclic N) is 1. The molecule has 7 nitrogen and oxygen atoms in total. The summed E-state index contributed by atoms with van der Waals surface area (Å²) in [5.41, 5.74) is -0.0818. The Morgan fingerprint density at radius 3 is 2.96 bits per heavy atom. The van der Waals surface area contributed by atoms with Crippen molar-refractivity contribution >= 4 is 5.91 Å². The normalized spacial score (nSPS) is 24.0. The van der Waals surface area contributed by atoms with Gasteiger partial charge in [0.2, 0.25) is 0 Å². The van der Waals surface area contributed by atoms with Gasteiger partial charge < -0.3 is 14.7 Å². The van der Waals surface area contributed by atoms with Crippen LogP contribution in [0.15, 0.2) is 30.5 Å². The molecule has 2 N–H and O–H groups in total. The zero-order valence-corrected chi connectivity index (χ0v) is 14.0. The molecule has 7 heteroatoms. The molecule has 2 aromatic rings. The van der Waals surface area contributed by atoms with Gasteiger partial charge in [-0.3, -0.25) is 4.79 Å². The molecular weight excluding hydrogens is 320 g/mol. The van der Waals surface area contributed by atoms with Crippen LogP contribution in [0.5, 0.6) is 5.75 Å². The van der Waals surface area contributed by atoms with Gasteiger partial charge in [0, 0.05) is 18.5 Å². The molecule has 1 aliphatic heterocycles. The number of carbonyl (C=O) groups excluding carboxylic acids is 1. The van der Waals surface area contributed by atoms with Crippen LogP contribution in [0.2, 0.25) is 0 Å². The van der Waals surface area contributed by atoms with Crippen LogP contribution in [-0.4, -0.2) is 50.5 Å². The molecule has 2 aliphatic rings. The van der Waals surface area contributed by atoms with Gasteiger partial charge in [0.25, 0.3) is 5.91 Å². The van der Waals surface area contributed by atoms with Crippen molar-refractivity contribution in [3.63, 3.8) is 0 Å². The van der Waals surface area contributed by atoms with Crippen LogP contribution in [0.3, 0.4) is 0 Å². The molecule has 1 amide bonds. The summed E-state index contributed by atoms with van der Waals surface area (Å²) in [6, 6.07) is 7.33. The smallest absolute Gasteiger partial charge is 0.254 e. The van der Waals surface area contributed by atoms with Gasteiger partial charge in [-0.05, 0) is 43.9 Å². The van der Waals surface area contributed by atoms with E-state index in [2.05, 4.69) is 15.4 Å². The Labute approximate surface area is 146 Å². The maximum atomic E-state index is 12.8. The number of hydrogen-bond acceptors (Lipinski definition) is 5. The zero-order chi connectivity index (χ0) is 17.3. The van der Waals surface area contributed by atoms with E-state index in [4.69, 9.17) is 4.74 Å². The topological polar surface area (TPSA) is 91.3 Å². The second-order valence-corrected chi connectivity index (χ2v) is 6.92. The molecule has 1 aromatic carbocycles. The van der Waals surface area contributed by atoms with Crippen LogP contribution >= 0.6 is 0 Å². The zero-order valence-electron chi connectivity index (χ0n) is 14.0. The number of carbonyl (C=O) groups is 1. The molecule has 1 aliphatic carbocycles. The van der Waals surface area contributed by atoms with Crippen molar-refractivity contribution in [2.75, 3.05) is 13.1 Å². The molecule has 0 radical (unpaired) electrons. The molecule has 0 bridgehead atoms. The largest absolute Gasteiger partial charge is 0.490 e. The number of H-pyrrole nitrogens is 1. The van der Waals surface area contributed by atoms with Crippen molar-refractivity contribution in [3.8, 4) is 5.75 Å². The minimum absolute atomic E-state index is 0.101. The SMILES string of the molecule is O=C(c1cccc(OC2CCCC2)c1)N1CC[C@](O)(c2cn[nH]n2)C1. The second-order valence-electron chi connectivity index (χ2n) is 6.92. The number of aliphatic hydroxyl groups is 1. The number of aromatic nitrogens is 3. The van der Waals surface area contributed by atoms with E-state index in [1.54, 1.807) is 17.0 Å². The molecule has 1 saturated heterocycles. The van der Waals surface area contributed by atoms with Crippen molar-refractivity contribution in [2.24, 2.45) is 0 Å². The first-order valence-corrected chi connectivity index (χ1v) is 8.79. The van der Waals surface area contributed by atoms with E-state index in [0.29, 0.717) is 24.2 Å². The maximum absolute atomic E-state index is 12.8. The molecule has 2 fully saturated rings. The molecule has 1 atom stereocenters. The molecular formula is C18H22N4O3. The number of hydrogen-bond donors (Lipinski definition) is 2. The first-order valence-electron chi connectivity index (χ1n) is 8.79. The van der Waals surface area contributed by atoms with Gasteiger partial charge in [0.15, 0.2) is 0 Å². The number of likely N-dealkylation sites (tertiary alicyclic amines) is 1.